The second kappa shape index (κ2) is 11.6. The van der Waals surface area contributed by atoms with E-state index in [9.17, 15) is 0 Å². The van der Waals surface area contributed by atoms with Crippen molar-refractivity contribution in [1.82, 2.24) is 10.2 Å². The number of hydrogen-bond donors (Lipinski definition) is 1. The number of ether oxygens (including phenoxy) is 2. The van der Waals surface area contributed by atoms with Crippen LogP contribution >= 0.6 is 24.0 Å². The van der Waals surface area contributed by atoms with E-state index in [0.717, 1.165) is 38.6 Å². The van der Waals surface area contributed by atoms with Gasteiger partial charge in [0.2, 0.25) is 0 Å². The van der Waals surface area contributed by atoms with Crippen LogP contribution in [0.4, 0.5) is 0 Å². The van der Waals surface area contributed by atoms with Gasteiger partial charge in [0.05, 0.1) is 19.8 Å². The molecule has 23 heavy (non-hydrogen) atoms. The highest BCUT2D eigenvalue weighted by Crippen LogP contribution is 2.16. The van der Waals surface area contributed by atoms with Crippen molar-refractivity contribution in [3.05, 3.63) is 35.9 Å². The van der Waals surface area contributed by atoms with Gasteiger partial charge >= 0.3 is 0 Å². The molecule has 2 rings (SSSR count). The maximum atomic E-state index is 5.64. The molecular formula is C17H28IN3O2. The van der Waals surface area contributed by atoms with E-state index in [0.29, 0.717) is 19.1 Å². The van der Waals surface area contributed by atoms with Gasteiger partial charge in [-0.1, -0.05) is 30.3 Å². The number of hydrogen-bond acceptors (Lipinski definition) is 3. The molecule has 1 unspecified atom stereocenters. The fourth-order valence-electron chi connectivity index (χ4n) is 2.66. The predicted octanol–water partition coefficient (Wildman–Crippen LogP) is 2.36. The van der Waals surface area contributed by atoms with Crippen molar-refractivity contribution < 1.29 is 9.47 Å². The van der Waals surface area contributed by atoms with Gasteiger partial charge in [0.1, 0.15) is 0 Å². The molecule has 130 valence electrons. The molecule has 1 aliphatic heterocycles. The van der Waals surface area contributed by atoms with E-state index in [1.807, 2.05) is 13.1 Å². The molecule has 6 heteroatoms. The average molecular weight is 433 g/mol. The van der Waals surface area contributed by atoms with Crippen LogP contribution in [0.2, 0.25) is 0 Å². The lowest BCUT2D eigenvalue weighted by molar-refractivity contribution is 0.0536. The third kappa shape index (κ3) is 7.05. The van der Waals surface area contributed by atoms with Gasteiger partial charge in [0.15, 0.2) is 5.96 Å². The summed E-state index contributed by atoms with van der Waals surface area (Å²) in [5, 5.41) is 3.44. The third-order valence-corrected chi connectivity index (χ3v) is 3.88. The summed E-state index contributed by atoms with van der Waals surface area (Å²) in [7, 11) is 3.54. The number of guanidine groups is 1. The summed E-state index contributed by atoms with van der Waals surface area (Å²) in [6.45, 7) is 4.98. The number of aliphatic imine (C=N–C) groups is 1. The zero-order chi connectivity index (χ0) is 15.6. The van der Waals surface area contributed by atoms with Gasteiger partial charge in [-0.15, -0.1) is 24.0 Å². The van der Waals surface area contributed by atoms with Crippen molar-refractivity contribution in [2.75, 3.05) is 47.1 Å². The van der Waals surface area contributed by atoms with E-state index in [2.05, 4.69) is 39.5 Å². The van der Waals surface area contributed by atoms with Crippen molar-refractivity contribution in [2.24, 2.45) is 10.9 Å². The molecule has 0 aliphatic carbocycles. The first-order valence-corrected chi connectivity index (χ1v) is 7.89. The number of halogens is 1. The molecule has 0 bridgehead atoms. The Balaban J connectivity index is 0.00000264. The van der Waals surface area contributed by atoms with E-state index in [1.54, 1.807) is 7.11 Å². The van der Waals surface area contributed by atoms with Gasteiger partial charge in [0.25, 0.3) is 0 Å². The number of likely N-dealkylation sites (tertiary alicyclic amines) is 1. The molecule has 1 aromatic rings. The zero-order valence-electron chi connectivity index (χ0n) is 14.0. The number of nitrogens with zero attached hydrogens (tertiary/aromatic N) is 2. The average Bonchev–Trinajstić information content (AvgIpc) is 3.02. The van der Waals surface area contributed by atoms with Crippen LogP contribution in [0.15, 0.2) is 35.3 Å². The Kier molecular flexibility index (Phi) is 10.2. The molecule has 1 N–H and O–H groups in total. The molecule has 0 radical (unpaired) electrons. The number of rotatable bonds is 7. The predicted molar refractivity (Wildman–Crippen MR) is 104 cm³/mol. The van der Waals surface area contributed by atoms with Crippen molar-refractivity contribution in [1.29, 1.82) is 0 Å². The molecule has 1 aromatic carbocycles. The second-order valence-corrected chi connectivity index (χ2v) is 5.55. The van der Waals surface area contributed by atoms with E-state index in [1.165, 1.54) is 5.56 Å². The van der Waals surface area contributed by atoms with Crippen LogP contribution in [-0.2, 0) is 16.0 Å². The maximum absolute atomic E-state index is 5.64. The van der Waals surface area contributed by atoms with Gasteiger partial charge in [-0.05, 0) is 12.0 Å². The van der Waals surface area contributed by atoms with Crippen LogP contribution in [0.3, 0.4) is 0 Å². The standard InChI is InChI=1S/C17H27N3O2.HI/c1-18-17(19-12-15-6-4-3-5-7-15)20-9-8-16(13-20)14-22-11-10-21-2;/h3-7,16H,8-14H2,1-2H3,(H,18,19);1H. The summed E-state index contributed by atoms with van der Waals surface area (Å²) in [6, 6.07) is 10.4. The first-order chi connectivity index (χ1) is 10.8. The van der Waals surface area contributed by atoms with Crippen LogP contribution in [-0.4, -0.2) is 57.9 Å². The molecule has 5 nitrogen and oxygen atoms in total. The fraction of sp³-hybridized carbons (Fsp3) is 0.588. The van der Waals surface area contributed by atoms with Gasteiger partial charge in [-0.2, -0.15) is 0 Å². The first-order valence-electron chi connectivity index (χ1n) is 7.89. The highest BCUT2D eigenvalue weighted by Gasteiger charge is 2.24. The summed E-state index contributed by atoms with van der Waals surface area (Å²) in [5.41, 5.74) is 1.27. The monoisotopic (exact) mass is 433 g/mol. The van der Waals surface area contributed by atoms with E-state index < -0.39 is 0 Å². The van der Waals surface area contributed by atoms with Gasteiger partial charge in [-0.3, -0.25) is 4.99 Å². The third-order valence-electron chi connectivity index (χ3n) is 3.88. The van der Waals surface area contributed by atoms with E-state index >= 15 is 0 Å². The molecule has 1 fully saturated rings. The summed E-state index contributed by atoms with van der Waals surface area (Å²) in [5.74, 6) is 1.55. The van der Waals surface area contributed by atoms with Crippen LogP contribution in [0, 0.1) is 5.92 Å². The highest BCUT2D eigenvalue weighted by molar-refractivity contribution is 14.0. The Hall–Kier alpha value is -0.860. The van der Waals surface area contributed by atoms with Crippen molar-refractivity contribution >= 4 is 29.9 Å². The smallest absolute Gasteiger partial charge is 0.193 e. The quantitative estimate of drug-likeness (QED) is 0.311. The summed E-state index contributed by atoms with van der Waals surface area (Å²) >= 11 is 0. The van der Waals surface area contributed by atoms with Crippen molar-refractivity contribution in [3.63, 3.8) is 0 Å². The van der Waals surface area contributed by atoms with Crippen LogP contribution in [0.5, 0.6) is 0 Å². The Morgan fingerprint density at radius 3 is 2.78 bits per heavy atom. The lowest BCUT2D eigenvalue weighted by Crippen LogP contribution is -2.39. The fourth-order valence-corrected chi connectivity index (χ4v) is 2.66. The minimum Gasteiger partial charge on any atom is -0.382 e. The molecule has 1 aliphatic rings. The normalized spacial score (nSPS) is 17.9. The molecule has 1 saturated heterocycles. The van der Waals surface area contributed by atoms with E-state index in [4.69, 9.17) is 9.47 Å². The Morgan fingerprint density at radius 1 is 1.30 bits per heavy atom. The van der Waals surface area contributed by atoms with Crippen LogP contribution < -0.4 is 5.32 Å². The minimum absolute atomic E-state index is 0. The number of nitrogens with one attached hydrogen (secondary N) is 1. The Labute approximate surface area is 156 Å². The molecular weight excluding hydrogens is 405 g/mol. The minimum atomic E-state index is 0. The summed E-state index contributed by atoms with van der Waals surface area (Å²) in [6.07, 6.45) is 1.15. The Bertz CT molecular complexity index is 456. The van der Waals surface area contributed by atoms with E-state index in [-0.39, 0.29) is 24.0 Å². The largest absolute Gasteiger partial charge is 0.382 e. The number of benzene rings is 1. The van der Waals surface area contributed by atoms with Crippen molar-refractivity contribution in [3.8, 4) is 0 Å². The Morgan fingerprint density at radius 2 is 2.09 bits per heavy atom. The molecule has 1 heterocycles. The zero-order valence-corrected chi connectivity index (χ0v) is 16.4. The maximum Gasteiger partial charge on any atom is 0.193 e. The molecule has 0 spiro atoms. The van der Waals surface area contributed by atoms with Gasteiger partial charge in [0, 0.05) is 39.7 Å². The lowest BCUT2D eigenvalue weighted by Gasteiger charge is -2.21. The topological polar surface area (TPSA) is 46.1 Å². The van der Waals surface area contributed by atoms with Gasteiger partial charge in [-0.25, -0.2) is 0 Å². The highest BCUT2D eigenvalue weighted by atomic mass is 127. The molecule has 1 atom stereocenters. The van der Waals surface area contributed by atoms with Gasteiger partial charge < -0.3 is 19.7 Å². The van der Waals surface area contributed by atoms with Crippen LogP contribution in [0.25, 0.3) is 0 Å². The lowest BCUT2D eigenvalue weighted by atomic mass is 10.1. The molecule has 0 amide bonds. The first kappa shape index (κ1) is 20.2. The summed E-state index contributed by atoms with van der Waals surface area (Å²) < 4.78 is 10.6. The summed E-state index contributed by atoms with van der Waals surface area (Å²) in [4.78, 5) is 6.71. The molecule has 0 saturated carbocycles. The molecule has 0 aromatic heterocycles. The SMILES string of the molecule is CN=C(NCc1ccccc1)N1CCC(COCCOC)C1.I. The second-order valence-electron chi connectivity index (χ2n) is 5.55. The number of methoxy groups -OCH3 is 1. The van der Waals surface area contributed by atoms with Crippen LogP contribution in [0.1, 0.15) is 12.0 Å². The van der Waals surface area contributed by atoms with Crippen molar-refractivity contribution in [2.45, 2.75) is 13.0 Å².